The molecule has 0 aliphatic carbocycles. The zero-order chi connectivity index (χ0) is 19.5. The molecule has 0 saturated carbocycles. The third kappa shape index (κ3) is 3.73. The van der Waals surface area contributed by atoms with Gasteiger partial charge in [0.15, 0.2) is 6.04 Å². The van der Waals surface area contributed by atoms with Crippen LogP contribution in [0.1, 0.15) is 12.0 Å². The number of hydrogen-bond donors (Lipinski definition) is 2. The first-order chi connectivity index (χ1) is 13.6. The maximum Gasteiger partial charge on any atom is 0.288 e. The van der Waals surface area contributed by atoms with Gasteiger partial charge in [-0.1, -0.05) is 42.5 Å². The topological polar surface area (TPSA) is 65.3 Å². The van der Waals surface area contributed by atoms with E-state index in [4.69, 9.17) is 0 Å². The number of aromatic hydroxyl groups is 1. The molecule has 0 spiro atoms. The summed E-state index contributed by atoms with van der Waals surface area (Å²) in [6.45, 7) is 3.54. The van der Waals surface area contributed by atoms with Crippen molar-refractivity contribution < 1.29 is 19.6 Å². The van der Waals surface area contributed by atoms with Crippen molar-refractivity contribution in [2.24, 2.45) is 0 Å². The zero-order valence-corrected chi connectivity index (χ0v) is 15.9. The Labute approximate surface area is 165 Å². The predicted octanol–water partition coefficient (Wildman–Crippen LogP) is 0.467. The third-order valence-corrected chi connectivity index (χ3v) is 5.83. The number of para-hydroxylation sites is 2. The van der Waals surface area contributed by atoms with Crippen LogP contribution in [0.5, 0.6) is 5.75 Å². The minimum absolute atomic E-state index is 0.0352. The number of anilines is 1. The molecule has 2 aliphatic rings. The van der Waals surface area contributed by atoms with E-state index in [0.717, 1.165) is 37.4 Å². The van der Waals surface area contributed by atoms with Crippen molar-refractivity contribution >= 4 is 17.5 Å². The van der Waals surface area contributed by atoms with E-state index < -0.39 is 0 Å². The molecule has 2 N–H and O–H groups in total. The van der Waals surface area contributed by atoms with Crippen LogP contribution in [0.3, 0.4) is 0 Å². The Kier molecular flexibility index (Phi) is 5.30. The van der Waals surface area contributed by atoms with Gasteiger partial charge in [-0.25, -0.2) is 0 Å². The maximum absolute atomic E-state index is 12.9. The van der Waals surface area contributed by atoms with Gasteiger partial charge in [-0.2, -0.15) is 0 Å². The van der Waals surface area contributed by atoms with E-state index >= 15 is 0 Å². The van der Waals surface area contributed by atoms with Crippen molar-refractivity contribution in [1.29, 1.82) is 0 Å². The van der Waals surface area contributed by atoms with Gasteiger partial charge >= 0.3 is 0 Å². The van der Waals surface area contributed by atoms with Crippen LogP contribution in [0.4, 0.5) is 5.69 Å². The van der Waals surface area contributed by atoms with Crippen molar-refractivity contribution in [1.82, 2.24) is 4.90 Å². The number of carbonyl (C=O) groups excluding carboxylic acids is 2. The molecule has 2 aromatic rings. The molecule has 4 rings (SSSR count). The third-order valence-electron chi connectivity index (χ3n) is 5.83. The van der Waals surface area contributed by atoms with Gasteiger partial charge in [0, 0.05) is 6.54 Å². The van der Waals surface area contributed by atoms with Gasteiger partial charge in [-0.15, -0.1) is 0 Å². The van der Waals surface area contributed by atoms with Crippen molar-refractivity contribution in [3.8, 4) is 5.75 Å². The zero-order valence-electron chi connectivity index (χ0n) is 15.9. The van der Waals surface area contributed by atoms with E-state index in [2.05, 4.69) is 4.90 Å². The Morgan fingerprint density at radius 2 is 1.64 bits per heavy atom. The summed E-state index contributed by atoms with van der Waals surface area (Å²) in [4.78, 5) is 30.1. The van der Waals surface area contributed by atoms with Crippen LogP contribution in [0.15, 0.2) is 54.6 Å². The van der Waals surface area contributed by atoms with E-state index in [1.54, 1.807) is 6.07 Å². The number of benzene rings is 2. The van der Waals surface area contributed by atoms with Gasteiger partial charge in [0.05, 0.1) is 38.3 Å². The number of amides is 2. The number of nitrogens with zero attached hydrogens (tertiary/aromatic N) is 2. The molecular weight excluding hydrogens is 354 g/mol. The molecule has 0 bridgehead atoms. The fourth-order valence-electron chi connectivity index (χ4n) is 4.24. The summed E-state index contributed by atoms with van der Waals surface area (Å²) >= 11 is 0. The number of phenolic OH excluding ortho intramolecular Hbond substituents is 1. The molecule has 1 atom stereocenters. The number of phenols is 1. The number of quaternary nitrogens is 1. The average molecular weight is 380 g/mol. The van der Waals surface area contributed by atoms with Crippen molar-refractivity contribution in [2.45, 2.75) is 18.9 Å². The number of piperazine rings is 1. The summed E-state index contributed by atoms with van der Waals surface area (Å²) in [5.41, 5.74) is 1.97. The standard InChI is InChI=1S/C22H25N3O3/c26-20-9-5-4-8-18(20)23-12-14-24(15-13-23)19-16-21(27)25(22(19)28)11-10-17-6-2-1-3-7-17/h1-9,19,26H,10-16H2/p+1/t19-/m0/s1. The lowest BCUT2D eigenvalue weighted by atomic mass is 10.1. The average Bonchev–Trinajstić information content (AvgIpc) is 3.01. The molecule has 28 heavy (non-hydrogen) atoms. The largest absolute Gasteiger partial charge is 0.506 e. The number of imide groups is 1. The fraction of sp³-hybridized carbons (Fsp3) is 0.364. The lowest BCUT2D eigenvalue weighted by molar-refractivity contribution is -0.915. The second-order valence-electron chi connectivity index (χ2n) is 7.51. The van der Waals surface area contributed by atoms with Crippen LogP contribution in [0, 0.1) is 0 Å². The Bertz CT molecular complexity index is 847. The van der Waals surface area contributed by atoms with Crippen LogP contribution < -0.4 is 9.80 Å². The Hall–Kier alpha value is -2.86. The number of likely N-dealkylation sites (tertiary alicyclic amines) is 1. The second-order valence-corrected chi connectivity index (χ2v) is 7.51. The Balaban J connectivity index is 1.35. The predicted molar refractivity (Wildman–Crippen MR) is 106 cm³/mol. The SMILES string of the molecule is O=C1C[C@H]([NH+]2CCN(c3ccccc3O)CC2)C(=O)N1CCc1ccccc1. The van der Waals surface area contributed by atoms with Gasteiger partial charge in [0.2, 0.25) is 5.91 Å². The lowest BCUT2D eigenvalue weighted by Gasteiger charge is -2.35. The van der Waals surface area contributed by atoms with Crippen LogP contribution >= 0.6 is 0 Å². The summed E-state index contributed by atoms with van der Waals surface area (Å²) < 4.78 is 0. The monoisotopic (exact) mass is 380 g/mol. The van der Waals surface area contributed by atoms with Crippen LogP contribution in [0.25, 0.3) is 0 Å². The molecule has 2 saturated heterocycles. The van der Waals surface area contributed by atoms with Crippen molar-refractivity contribution in [2.75, 3.05) is 37.6 Å². The van der Waals surface area contributed by atoms with Gasteiger partial charge in [0.1, 0.15) is 5.75 Å². The summed E-state index contributed by atoms with van der Waals surface area (Å²) in [6.07, 6.45) is 1.00. The first-order valence-electron chi connectivity index (χ1n) is 9.89. The summed E-state index contributed by atoms with van der Waals surface area (Å²) in [5, 5.41) is 10.1. The molecule has 6 heteroatoms. The molecule has 6 nitrogen and oxygen atoms in total. The molecule has 0 unspecified atom stereocenters. The first kappa shape index (κ1) is 18.5. The minimum atomic E-state index is -0.269. The smallest absolute Gasteiger partial charge is 0.288 e. The Morgan fingerprint density at radius 1 is 0.964 bits per heavy atom. The normalized spacial score (nSPS) is 20.8. The highest BCUT2D eigenvalue weighted by atomic mass is 16.3. The van der Waals surface area contributed by atoms with Crippen LogP contribution in [-0.2, 0) is 16.0 Å². The second kappa shape index (κ2) is 8.02. The number of carbonyl (C=O) groups is 2. The molecule has 2 aliphatic heterocycles. The molecule has 2 amide bonds. The van der Waals surface area contributed by atoms with Gasteiger partial charge in [-0.05, 0) is 24.1 Å². The summed E-state index contributed by atoms with van der Waals surface area (Å²) in [6, 6.07) is 17.0. The van der Waals surface area contributed by atoms with E-state index in [-0.39, 0.29) is 23.6 Å². The van der Waals surface area contributed by atoms with E-state index in [1.807, 2.05) is 48.5 Å². The lowest BCUT2D eigenvalue weighted by Crippen LogP contribution is -3.19. The van der Waals surface area contributed by atoms with Crippen molar-refractivity contribution in [3.05, 3.63) is 60.2 Å². The number of nitrogens with one attached hydrogen (secondary N) is 1. The highest BCUT2D eigenvalue weighted by molar-refractivity contribution is 6.04. The van der Waals surface area contributed by atoms with E-state index in [9.17, 15) is 14.7 Å². The molecule has 0 aromatic heterocycles. The molecule has 0 radical (unpaired) electrons. The molecule has 146 valence electrons. The molecule has 2 fully saturated rings. The maximum atomic E-state index is 12.9. The highest BCUT2D eigenvalue weighted by Crippen LogP contribution is 2.26. The summed E-state index contributed by atoms with van der Waals surface area (Å²) in [7, 11) is 0. The Morgan fingerprint density at radius 3 is 2.36 bits per heavy atom. The highest BCUT2D eigenvalue weighted by Gasteiger charge is 2.45. The molecule has 2 heterocycles. The van der Waals surface area contributed by atoms with Crippen LogP contribution in [-0.4, -0.2) is 60.6 Å². The quantitative estimate of drug-likeness (QED) is 0.740. The minimum Gasteiger partial charge on any atom is -0.506 e. The van der Waals surface area contributed by atoms with Crippen LogP contribution in [0.2, 0.25) is 0 Å². The van der Waals surface area contributed by atoms with Gasteiger partial charge in [0.25, 0.3) is 5.91 Å². The fourth-order valence-corrected chi connectivity index (χ4v) is 4.24. The van der Waals surface area contributed by atoms with E-state index in [1.165, 1.54) is 9.80 Å². The number of rotatable bonds is 5. The number of hydrogen-bond acceptors (Lipinski definition) is 4. The molecule has 2 aromatic carbocycles. The van der Waals surface area contributed by atoms with Crippen molar-refractivity contribution in [3.63, 3.8) is 0 Å². The van der Waals surface area contributed by atoms with E-state index in [0.29, 0.717) is 19.4 Å². The van der Waals surface area contributed by atoms with Gasteiger partial charge in [-0.3, -0.25) is 14.5 Å². The van der Waals surface area contributed by atoms with Gasteiger partial charge < -0.3 is 14.9 Å². The first-order valence-corrected chi connectivity index (χ1v) is 9.89. The molecular formula is C22H26N3O3+. The summed E-state index contributed by atoms with van der Waals surface area (Å²) in [5.74, 6) is 0.193.